The summed E-state index contributed by atoms with van der Waals surface area (Å²) in [6.45, 7) is 21.2. The van der Waals surface area contributed by atoms with E-state index >= 15 is 4.79 Å². The molecule has 0 amide bonds. The second-order valence-corrected chi connectivity index (χ2v) is 42.3. The molecule has 0 saturated carbocycles. The summed E-state index contributed by atoms with van der Waals surface area (Å²) in [5.41, 5.74) is 13.5. The van der Waals surface area contributed by atoms with Crippen LogP contribution in [-0.4, -0.2) is 11.3 Å². The van der Waals surface area contributed by atoms with Crippen LogP contribution in [0.1, 0.15) is 632 Å². The molecule has 0 atom stereocenters. The van der Waals surface area contributed by atoms with Gasteiger partial charge in [0.1, 0.15) is 0 Å². The molecule has 3 nitrogen and oxygen atoms in total. The predicted octanol–water partition coefficient (Wildman–Crippen LogP) is 42.2. The van der Waals surface area contributed by atoms with Gasteiger partial charge in [-0.25, -0.2) is 4.79 Å². The Balaban J connectivity index is 2.88. The number of hydrogen-bond acceptors (Lipinski definition) is 2. The van der Waals surface area contributed by atoms with Gasteiger partial charge in [-0.2, -0.15) is 0 Å². The molecule has 0 radical (unpaired) electrons. The third-order valence-corrected chi connectivity index (χ3v) is 31.7. The maximum atomic E-state index is 15.9. The second kappa shape index (κ2) is 83.9. The highest BCUT2D eigenvalue weighted by Crippen LogP contribution is 2.75. The third kappa shape index (κ3) is 56.7. The van der Waals surface area contributed by atoms with Crippen LogP contribution in [0.15, 0.2) is 51.1 Å². The Kier molecular flexibility index (Phi) is 78.0. The number of carboxylic acid groups (broad SMARTS) is 1. The maximum absolute atomic E-state index is 15.9. The summed E-state index contributed by atoms with van der Waals surface area (Å²) in [7, 11) is -3.05. The van der Waals surface area contributed by atoms with Crippen LogP contribution in [0.2, 0.25) is 0 Å². The van der Waals surface area contributed by atoms with Gasteiger partial charge in [0, 0.05) is 14.7 Å². The standard InChI is InChI=1S/C118H214O3S/c1-10-19-28-37-46-55-64-73-82-91-106-100-109(94-85-76-67-58-49-40-31-22-13-4)115(110(101-106)95-86-77-68-59-50-41-32-23-14-5)122(121-118(119)120,116-111(96-87-78-69-60-51-42-33-24-15-6)102-107(92-83-74-65-56-47-38-29-20-11-2)103-112(116)97-88-79-70-61-52-43-34-25-16-7)117-113(98-89-80-71-62-53-44-35-26-17-8)104-108(93-84-75-66-57-48-39-30-21-12-3)105-114(117)99-90-81-72-63-54-45-36-27-18-9/h100-105H,10-99H2,1-9H3,(H,119,120). The lowest BCUT2D eigenvalue weighted by Gasteiger charge is -2.46. The fourth-order valence-corrected chi connectivity index (χ4v) is 24.6. The number of unbranched alkanes of at least 4 members (excludes halogenated alkanes) is 72. The van der Waals surface area contributed by atoms with Gasteiger partial charge in [0.25, 0.3) is 0 Å². The molecule has 0 saturated heterocycles. The monoisotopic (exact) mass is 1710 g/mol. The molecule has 3 aromatic carbocycles. The summed E-state index contributed by atoms with van der Waals surface area (Å²) in [4.78, 5) is 20.0. The summed E-state index contributed by atoms with van der Waals surface area (Å²) >= 11 is 0. The highest BCUT2D eigenvalue weighted by molar-refractivity contribution is 8.30. The molecule has 1 N–H and O–H groups in total. The van der Waals surface area contributed by atoms with Gasteiger partial charge in [0.05, 0.1) is 0 Å². The van der Waals surface area contributed by atoms with Gasteiger partial charge < -0.3 is 9.29 Å². The highest BCUT2D eigenvalue weighted by atomic mass is 32.3. The molecule has 710 valence electrons. The Morgan fingerprint density at radius 2 is 0.287 bits per heavy atom. The molecule has 0 aliphatic rings. The van der Waals surface area contributed by atoms with E-state index < -0.39 is 16.5 Å². The molecule has 0 aromatic heterocycles. The van der Waals surface area contributed by atoms with Crippen molar-refractivity contribution in [3.8, 4) is 0 Å². The van der Waals surface area contributed by atoms with Crippen LogP contribution in [0.4, 0.5) is 4.79 Å². The van der Waals surface area contributed by atoms with Crippen molar-refractivity contribution < 1.29 is 14.1 Å². The minimum absolute atomic E-state index is 0.995. The summed E-state index contributed by atoms with van der Waals surface area (Å²) < 4.78 is 8.19. The molecule has 0 heterocycles. The molecule has 0 unspecified atom stereocenters. The summed E-state index contributed by atoms with van der Waals surface area (Å²) in [5, 5.41) is 13.0. The minimum Gasteiger partial charge on any atom is -0.449 e. The number of rotatable bonds is 94. The first-order valence-corrected chi connectivity index (χ1v) is 58.0. The van der Waals surface area contributed by atoms with Gasteiger partial charge in [0.2, 0.25) is 0 Å². The lowest BCUT2D eigenvalue weighted by Crippen LogP contribution is -2.22. The number of aryl methyl sites for hydroxylation is 9. The van der Waals surface area contributed by atoms with Crippen LogP contribution in [0.5, 0.6) is 0 Å². The first-order valence-electron chi connectivity index (χ1n) is 56.4. The maximum Gasteiger partial charge on any atom is 0.517 e. The zero-order chi connectivity index (χ0) is 87.6. The lowest BCUT2D eigenvalue weighted by atomic mass is 9.94. The molecule has 3 rings (SSSR count). The molecule has 0 spiro atoms. The van der Waals surface area contributed by atoms with Gasteiger partial charge in [-0.15, -0.1) is 0 Å². The molecular formula is C118H214O3S. The van der Waals surface area contributed by atoms with E-state index in [1.54, 1.807) is 0 Å². The molecule has 122 heavy (non-hydrogen) atoms. The zero-order valence-electron chi connectivity index (χ0n) is 84.3. The molecule has 0 bridgehead atoms. The van der Waals surface area contributed by atoms with Crippen molar-refractivity contribution >= 4 is 16.5 Å². The number of hydrogen-bond donors (Lipinski definition) is 1. The van der Waals surface area contributed by atoms with Gasteiger partial charge >= 0.3 is 6.16 Å². The second-order valence-electron chi connectivity index (χ2n) is 39.8. The Morgan fingerprint density at radius 3 is 0.402 bits per heavy atom. The Hall–Kier alpha value is -2.72. The van der Waals surface area contributed by atoms with Crippen LogP contribution >= 0.6 is 10.3 Å². The van der Waals surface area contributed by atoms with Crippen molar-refractivity contribution in [2.24, 2.45) is 0 Å². The fraction of sp³-hybridized carbons (Fsp3) is 0.839. The summed E-state index contributed by atoms with van der Waals surface area (Å²) in [6.07, 6.45) is 115. The fourth-order valence-electron chi connectivity index (χ4n) is 20.3. The summed E-state index contributed by atoms with van der Waals surface area (Å²) in [6, 6.07) is 16.6. The third-order valence-electron chi connectivity index (χ3n) is 28.0. The normalized spacial score (nSPS) is 12.0. The Bertz CT molecular complexity index is 2360. The molecule has 4 heteroatoms. The lowest BCUT2D eigenvalue weighted by molar-refractivity contribution is 0.150. The topological polar surface area (TPSA) is 46.5 Å². The quantitative estimate of drug-likeness (QED) is 0.0573. The summed E-state index contributed by atoms with van der Waals surface area (Å²) in [5.74, 6) is 0. The van der Waals surface area contributed by atoms with E-state index in [1.165, 1.54) is 546 Å². The SMILES string of the molecule is CCCCCCCCCCCc1cc(CCCCCCCCCCC)c(S(OC(=O)O)(c2c(CCCCCCCCCCC)cc(CCCCCCCCCCC)cc2CCCCCCCCCCC)c2c(CCCCCCCCCCC)cc(CCCCCCCCCCC)cc2CCCCCCCCCCC)c(CCCCCCCCCCC)c1. The average molecular weight is 1710 g/mol. The van der Waals surface area contributed by atoms with E-state index in [0.29, 0.717) is 0 Å². The van der Waals surface area contributed by atoms with E-state index in [-0.39, 0.29) is 0 Å². The van der Waals surface area contributed by atoms with Gasteiger partial charge in [-0.3, -0.25) is 0 Å². The number of carbonyl (C=O) groups is 1. The van der Waals surface area contributed by atoms with E-state index in [2.05, 4.69) is 98.7 Å². The van der Waals surface area contributed by atoms with Crippen molar-refractivity contribution in [3.63, 3.8) is 0 Å². The minimum atomic E-state index is -3.05. The first kappa shape index (κ1) is 113. The predicted molar refractivity (Wildman–Crippen MR) is 549 cm³/mol. The van der Waals surface area contributed by atoms with Crippen molar-refractivity contribution in [1.82, 2.24) is 0 Å². The van der Waals surface area contributed by atoms with E-state index in [4.69, 9.17) is 4.18 Å². The zero-order valence-corrected chi connectivity index (χ0v) is 85.1. The van der Waals surface area contributed by atoms with Gasteiger partial charge in [0.15, 0.2) is 0 Å². The van der Waals surface area contributed by atoms with Gasteiger partial charge in [-0.1, -0.05) is 561 Å². The van der Waals surface area contributed by atoms with Crippen LogP contribution in [0, 0.1) is 0 Å². The smallest absolute Gasteiger partial charge is 0.449 e. The van der Waals surface area contributed by atoms with Crippen LogP contribution in [0.25, 0.3) is 0 Å². The molecule has 0 aliphatic heterocycles. The largest absolute Gasteiger partial charge is 0.517 e. The highest BCUT2D eigenvalue weighted by Gasteiger charge is 2.45. The Labute approximate surface area is 766 Å². The van der Waals surface area contributed by atoms with Gasteiger partial charge in [-0.05, 0) is 176 Å². The molecule has 3 aromatic rings. The van der Waals surface area contributed by atoms with E-state index in [9.17, 15) is 5.11 Å². The van der Waals surface area contributed by atoms with Crippen molar-refractivity contribution in [3.05, 3.63) is 86.5 Å². The Morgan fingerprint density at radius 1 is 0.180 bits per heavy atom. The molecule has 0 aliphatic carbocycles. The molecular weight excluding hydrogens is 1500 g/mol. The average Bonchev–Trinajstić information content (AvgIpc) is 0.705. The number of benzene rings is 3. The van der Waals surface area contributed by atoms with E-state index in [0.717, 1.165) is 96.3 Å². The van der Waals surface area contributed by atoms with E-state index in [1.807, 2.05) is 0 Å². The first-order chi connectivity index (χ1) is 60.2. The molecule has 0 fully saturated rings. The van der Waals surface area contributed by atoms with Crippen LogP contribution in [-0.2, 0) is 62.0 Å². The van der Waals surface area contributed by atoms with Crippen LogP contribution in [0.3, 0.4) is 0 Å². The van der Waals surface area contributed by atoms with Crippen molar-refractivity contribution in [1.29, 1.82) is 0 Å². The van der Waals surface area contributed by atoms with Crippen LogP contribution < -0.4 is 0 Å². The van der Waals surface area contributed by atoms with Crippen molar-refractivity contribution in [2.75, 3.05) is 0 Å². The van der Waals surface area contributed by atoms with Crippen molar-refractivity contribution in [2.45, 2.75) is 655 Å².